The number of carboxylic acids is 1. The Hall–Kier alpha value is -3.77. The van der Waals surface area contributed by atoms with Crippen LogP contribution in [0.25, 0.3) is 11.4 Å². The number of H-pyrrole nitrogens is 1. The number of nitrogens with two attached hydrogens (primary N) is 1. The third kappa shape index (κ3) is 6.62. The highest BCUT2D eigenvalue weighted by atomic mass is 19.4. The SMILES string of the molecule is NCc1nc(-c2ccc(NC(=O)CC3COCc4ccccc43)cc2)n[nH]1.O=C(O)C(F)(F)F. The summed E-state index contributed by atoms with van der Waals surface area (Å²) >= 11 is 0. The van der Waals surface area contributed by atoms with Gasteiger partial charge in [0.15, 0.2) is 5.82 Å². The first kappa shape index (κ1) is 24.9. The summed E-state index contributed by atoms with van der Waals surface area (Å²) in [7, 11) is 0. The zero-order valence-electron chi connectivity index (χ0n) is 17.8. The number of hydrogen-bond acceptors (Lipinski definition) is 6. The molecule has 0 bridgehead atoms. The number of rotatable bonds is 5. The molecule has 1 amide bonds. The van der Waals surface area contributed by atoms with Crippen LogP contribution >= 0.6 is 0 Å². The van der Waals surface area contributed by atoms with Crippen molar-refractivity contribution in [2.24, 2.45) is 5.73 Å². The molecule has 0 saturated carbocycles. The molecule has 0 fully saturated rings. The number of carbonyl (C=O) groups is 2. The van der Waals surface area contributed by atoms with Crippen molar-refractivity contribution >= 4 is 17.6 Å². The minimum Gasteiger partial charge on any atom is -0.475 e. The molecule has 1 aromatic heterocycles. The molecule has 2 aromatic carbocycles. The number of halogens is 3. The normalized spacial score (nSPS) is 15.0. The van der Waals surface area contributed by atoms with E-state index in [1.165, 1.54) is 5.56 Å². The molecule has 5 N–H and O–H groups in total. The maximum Gasteiger partial charge on any atom is 0.490 e. The summed E-state index contributed by atoms with van der Waals surface area (Å²) in [5.41, 5.74) is 9.50. The van der Waals surface area contributed by atoms with Crippen LogP contribution in [-0.2, 0) is 27.5 Å². The fourth-order valence-electron chi connectivity index (χ4n) is 3.29. The number of amides is 1. The lowest BCUT2D eigenvalue weighted by Crippen LogP contribution is -2.22. The number of aliphatic carboxylic acids is 1. The van der Waals surface area contributed by atoms with E-state index in [1.54, 1.807) is 0 Å². The molecular weight excluding hydrogens is 455 g/mol. The van der Waals surface area contributed by atoms with E-state index in [1.807, 2.05) is 36.4 Å². The standard InChI is InChI=1S/C20H21N5O2.C2HF3O2/c21-10-18-23-20(25-24-18)13-5-7-16(8-6-13)22-19(26)9-15-12-27-11-14-3-1-2-4-17(14)15;3-2(4,5)1(6)7/h1-8,15H,9-12,21H2,(H,22,26)(H,23,24,25);(H,6,7). The van der Waals surface area contributed by atoms with E-state index in [4.69, 9.17) is 20.4 Å². The first-order valence-corrected chi connectivity index (χ1v) is 10.1. The second kappa shape index (κ2) is 10.9. The number of nitrogens with one attached hydrogen (secondary N) is 2. The van der Waals surface area contributed by atoms with E-state index >= 15 is 0 Å². The molecular formula is C22H22F3N5O4. The Morgan fingerprint density at radius 1 is 1.18 bits per heavy atom. The van der Waals surface area contributed by atoms with Crippen LogP contribution in [-0.4, -0.2) is 44.9 Å². The largest absolute Gasteiger partial charge is 0.490 e. The number of alkyl halides is 3. The first-order valence-electron chi connectivity index (χ1n) is 10.1. The average Bonchev–Trinajstić information content (AvgIpc) is 3.29. The summed E-state index contributed by atoms with van der Waals surface area (Å²) in [4.78, 5) is 25.7. The topological polar surface area (TPSA) is 143 Å². The van der Waals surface area contributed by atoms with Gasteiger partial charge in [0.05, 0.1) is 19.8 Å². The van der Waals surface area contributed by atoms with Crippen molar-refractivity contribution in [3.63, 3.8) is 0 Å². The molecule has 0 aliphatic carbocycles. The summed E-state index contributed by atoms with van der Waals surface area (Å²) in [6.07, 6.45) is -4.69. The molecule has 1 atom stereocenters. The Kier molecular flexibility index (Phi) is 7.97. The van der Waals surface area contributed by atoms with Crippen LogP contribution in [0.1, 0.15) is 29.3 Å². The van der Waals surface area contributed by atoms with Gasteiger partial charge in [0.2, 0.25) is 5.91 Å². The number of hydrogen-bond donors (Lipinski definition) is 4. The van der Waals surface area contributed by atoms with E-state index in [9.17, 15) is 18.0 Å². The van der Waals surface area contributed by atoms with Gasteiger partial charge in [0.25, 0.3) is 0 Å². The van der Waals surface area contributed by atoms with E-state index in [2.05, 4.69) is 32.6 Å². The smallest absolute Gasteiger partial charge is 0.475 e. The van der Waals surface area contributed by atoms with Gasteiger partial charge >= 0.3 is 12.1 Å². The number of anilines is 1. The molecule has 3 aromatic rings. The summed E-state index contributed by atoms with van der Waals surface area (Å²) in [6, 6.07) is 15.6. The second-order valence-electron chi connectivity index (χ2n) is 7.35. The lowest BCUT2D eigenvalue weighted by atomic mass is 9.90. The Morgan fingerprint density at radius 2 is 1.85 bits per heavy atom. The van der Waals surface area contributed by atoms with Gasteiger partial charge in [-0.15, -0.1) is 0 Å². The van der Waals surface area contributed by atoms with E-state index in [0.717, 1.165) is 16.8 Å². The van der Waals surface area contributed by atoms with Gasteiger partial charge in [0, 0.05) is 23.6 Å². The van der Waals surface area contributed by atoms with Crippen LogP contribution in [0.3, 0.4) is 0 Å². The lowest BCUT2D eigenvalue weighted by molar-refractivity contribution is -0.192. The molecule has 1 aliphatic rings. The van der Waals surface area contributed by atoms with Crippen LogP contribution in [0, 0.1) is 0 Å². The summed E-state index contributed by atoms with van der Waals surface area (Å²) in [6.45, 7) is 1.50. The molecule has 9 nitrogen and oxygen atoms in total. The van der Waals surface area contributed by atoms with Gasteiger partial charge in [-0.2, -0.15) is 18.3 Å². The zero-order valence-corrected chi connectivity index (χ0v) is 17.8. The van der Waals surface area contributed by atoms with Gasteiger partial charge in [0.1, 0.15) is 5.82 Å². The number of aromatic nitrogens is 3. The molecule has 12 heteroatoms. The summed E-state index contributed by atoms with van der Waals surface area (Å²) in [5.74, 6) is -1.48. The first-order chi connectivity index (χ1) is 16.2. The number of carbonyl (C=O) groups excluding carboxylic acids is 1. The fourth-order valence-corrected chi connectivity index (χ4v) is 3.29. The maximum atomic E-state index is 12.5. The minimum atomic E-state index is -5.08. The predicted molar refractivity (Wildman–Crippen MR) is 115 cm³/mol. The number of carboxylic acid groups (broad SMARTS) is 1. The van der Waals surface area contributed by atoms with E-state index in [0.29, 0.717) is 37.8 Å². The van der Waals surface area contributed by atoms with Gasteiger partial charge in [-0.1, -0.05) is 24.3 Å². The van der Waals surface area contributed by atoms with Gasteiger partial charge in [-0.05, 0) is 35.4 Å². The molecule has 2 heterocycles. The molecule has 0 saturated heterocycles. The Labute approximate surface area is 192 Å². The third-order valence-corrected chi connectivity index (χ3v) is 4.90. The van der Waals surface area contributed by atoms with Gasteiger partial charge < -0.3 is 20.9 Å². The number of fused-ring (bicyclic) bond motifs is 1. The van der Waals surface area contributed by atoms with Crippen LogP contribution in [0.5, 0.6) is 0 Å². The summed E-state index contributed by atoms with van der Waals surface area (Å²) in [5, 5.41) is 17.0. The molecule has 4 rings (SSSR count). The quantitative estimate of drug-likeness (QED) is 0.442. The number of nitrogens with zero attached hydrogens (tertiary/aromatic N) is 2. The summed E-state index contributed by atoms with van der Waals surface area (Å²) < 4.78 is 37.4. The Balaban J connectivity index is 0.000000406. The maximum absolute atomic E-state index is 12.5. The van der Waals surface area contributed by atoms with Crippen molar-refractivity contribution in [2.75, 3.05) is 11.9 Å². The molecule has 0 spiro atoms. The number of benzene rings is 2. The van der Waals surface area contributed by atoms with Crippen LogP contribution < -0.4 is 11.1 Å². The second-order valence-corrected chi connectivity index (χ2v) is 7.35. The molecule has 0 radical (unpaired) electrons. The Morgan fingerprint density at radius 3 is 2.47 bits per heavy atom. The van der Waals surface area contributed by atoms with E-state index < -0.39 is 12.1 Å². The third-order valence-electron chi connectivity index (χ3n) is 4.90. The highest BCUT2D eigenvalue weighted by Gasteiger charge is 2.38. The van der Waals surface area contributed by atoms with Crippen molar-refractivity contribution in [1.29, 1.82) is 0 Å². The fraction of sp³-hybridized carbons (Fsp3) is 0.273. The number of aromatic amines is 1. The highest BCUT2D eigenvalue weighted by molar-refractivity contribution is 5.91. The van der Waals surface area contributed by atoms with Crippen molar-refractivity contribution in [1.82, 2.24) is 15.2 Å². The van der Waals surface area contributed by atoms with Gasteiger partial charge in [-0.3, -0.25) is 9.89 Å². The predicted octanol–water partition coefficient (Wildman–Crippen LogP) is 3.21. The van der Waals surface area contributed by atoms with Crippen molar-refractivity contribution in [2.45, 2.75) is 31.7 Å². The van der Waals surface area contributed by atoms with Crippen molar-refractivity contribution in [3.05, 3.63) is 65.5 Å². The molecule has 180 valence electrons. The van der Waals surface area contributed by atoms with Crippen LogP contribution in [0.4, 0.5) is 18.9 Å². The Bertz CT molecular complexity index is 1130. The van der Waals surface area contributed by atoms with Gasteiger partial charge in [-0.25, -0.2) is 9.78 Å². The highest BCUT2D eigenvalue weighted by Crippen LogP contribution is 2.29. The molecule has 1 aliphatic heterocycles. The van der Waals surface area contributed by atoms with E-state index in [-0.39, 0.29) is 11.8 Å². The average molecular weight is 477 g/mol. The molecule has 34 heavy (non-hydrogen) atoms. The lowest BCUT2D eigenvalue weighted by Gasteiger charge is -2.25. The van der Waals surface area contributed by atoms with Crippen molar-refractivity contribution in [3.8, 4) is 11.4 Å². The zero-order chi connectivity index (χ0) is 24.7. The number of ether oxygens (including phenoxy) is 1. The van der Waals surface area contributed by atoms with Crippen molar-refractivity contribution < 1.29 is 32.6 Å². The minimum absolute atomic E-state index is 0.0311. The van der Waals surface area contributed by atoms with Crippen LogP contribution in [0.15, 0.2) is 48.5 Å². The molecule has 1 unspecified atom stereocenters. The monoisotopic (exact) mass is 477 g/mol. The van der Waals surface area contributed by atoms with Crippen LogP contribution in [0.2, 0.25) is 0 Å².